The molecule has 0 atom stereocenters. The Labute approximate surface area is 157 Å². The smallest absolute Gasteiger partial charge is 0.451 e. The zero-order chi connectivity index (χ0) is 20.1. The third-order valence-corrected chi connectivity index (χ3v) is 3.77. The number of carbonyl (C=O) groups is 1. The van der Waals surface area contributed by atoms with Crippen LogP contribution in [0.2, 0.25) is 0 Å². The number of ether oxygens (including phenoxy) is 2. The highest BCUT2D eigenvalue weighted by Crippen LogP contribution is 2.24. The van der Waals surface area contributed by atoms with Gasteiger partial charge >= 0.3 is 6.18 Å². The molecule has 1 N–H and O–H groups in total. The van der Waals surface area contributed by atoms with Crippen LogP contribution in [0.5, 0.6) is 11.6 Å². The molecule has 0 aromatic carbocycles. The van der Waals surface area contributed by atoms with Crippen molar-refractivity contribution in [3.05, 3.63) is 54.0 Å². The van der Waals surface area contributed by atoms with Crippen molar-refractivity contribution in [3.63, 3.8) is 0 Å². The monoisotopic (exact) mass is 393 g/mol. The van der Waals surface area contributed by atoms with Crippen LogP contribution in [0.4, 0.5) is 13.2 Å². The highest BCUT2D eigenvalue weighted by atomic mass is 19.4. The zero-order valence-electron chi connectivity index (χ0n) is 14.7. The van der Waals surface area contributed by atoms with Crippen molar-refractivity contribution in [2.24, 2.45) is 0 Å². The predicted octanol–water partition coefficient (Wildman–Crippen LogP) is 2.72. The molecule has 0 radical (unpaired) electrons. The second kappa shape index (κ2) is 8.07. The van der Waals surface area contributed by atoms with E-state index in [2.05, 4.69) is 15.1 Å². The van der Waals surface area contributed by atoms with Crippen LogP contribution in [-0.4, -0.2) is 34.6 Å². The van der Waals surface area contributed by atoms with Gasteiger partial charge in [0.2, 0.25) is 5.88 Å². The van der Waals surface area contributed by atoms with Gasteiger partial charge in [0, 0.05) is 23.9 Å². The van der Waals surface area contributed by atoms with Crippen molar-refractivity contribution in [3.8, 4) is 23.0 Å². The number of H-pyrrole nitrogens is 1. The number of nitrogens with zero attached hydrogens (tertiary/aromatic N) is 3. The van der Waals surface area contributed by atoms with Crippen LogP contribution in [-0.2, 0) is 13.2 Å². The van der Waals surface area contributed by atoms with E-state index in [9.17, 15) is 18.0 Å². The summed E-state index contributed by atoms with van der Waals surface area (Å²) in [5.74, 6) is 0.529. The molecule has 0 aliphatic rings. The number of alkyl halides is 3. The average Bonchev–Trinajstić information content (AvgIpc) is 3.12. The molecule has 0 saturated heterocycles. The third kappa shape index (κ3) is 4.64. The number of halogens is 3. The molecule has 146 valence electrons. The molecule has 0 aliphatic carbocycles. The fraction of sp³-hybridized carbons (Fsp3) is 0.222. The molecule has 0 saturated carbocycles. The Hall–Kier alpha value is -3.43. The number of pyridine rings is 2. The van der Waals surface area contributed by atoms with Gasteiger partial charge < -0.3 is 9.47 Å². The number of methoxy groups -OCH3 is 1. The van der Waals surface area contributed by atoms with Crippen molar-refractivity contribution in [1.82, 2.24) is 15.1 Å². The number of nitrogens with one attached hydrogen (secondary N) is 1. The van der Waals surface area contributed by atoms with Gasteiger partial charge in [-0.25, -0.2) is 4.98 Å². The van der Waals surface area contributed by atoms with Gasteiger partial charge in [-0.1, -0.05) is 6.07 Å². The standard InChI is InChI=1S/C18H15F3N4O3/c1-27-16-7-13(9-26)15(8-23-16)28-10-12-3-2-5-22-17(12)14-4-6-25(24-14)11-18(19,20)21/h2-9H,10-11H2,1H3/p+1. The Balaban J connectivity index is 1.81. The van der Waals surface area contributed by atoms with E-state index in [1.54, 1.807) is 12.1 Å². The van der Waals surface area contributed by atoms with E-state index in [0.717, 1.165) is 4.68 Å². The minimum Gasteiger partial charge on any atom is -0.486 e. The largest absolute Gasteiger partial charge is 0.486 e. The van der Waals surface area contributed by atoms with E-state index >= 15 is 0 Å². The van der Waals surface area contributed by atoms with Crippen molar-refractivity contribution in [2.45, 2.75) is 19.3 Å². The van der Waals surface area contributed by atoms with Crippen molar-refractivity contribution in [1.29, 1.82) is 0 Å². The second-order valence-electron chi connectivity index (χ2n) is 5.77. The molecule has 3 aromatic rings. The lowest BCUT2D eigenvalue weighted by Gasteiger charge is -2.11. The minimum atomic E-state index is -4.34. The molecular weight excluding hydrogens is 377 g/mol. The topological polar surface area (TPSA) is 81.0 Å². The Morgan fingerprint density at radius 3 is 2.82 bits per heavy atom. The van der Waals surface area contributed by atoms with Crippen LogP contribution < -0.4 is 14.2 Å². The quantitative estimate of drug-likeness (QED) is 0.493. The van der Waals surface area contributed by atoms with Gasteiger partial charge in [0.15, 0.2) is 12.5 Å². The molecule has 3 heterocycles. The maximum absolute atomic E-state index is 12.5. The van der Waals surface area contributed by atoms with E-state index in [-0.39, 0.29) is 23.8 Å². The molecule has 0 unspecified atom stereocenters. The van der Waals surface area contributed by atoms with Gasteiger partial charge in [0.25, 0.3) is 6.54 Å². The first-order valence-electron chi connectivity index (χ1n) is 8.11. The predicted molar refractivity (Wildman–Crippen MR) is 90.8 cm³/mol. The summed E-state index contributed by atoms with van der Waals surface area (Å²) in [5.41, 5.74) is 1.74. The van der Waals surface area contributed by atoms with Crippen LogP contribution >= 0.6 is 0 Å². The first-order valence-corrected chi connectivity index (χ1v) is 8.11. The van der Waals surface area contributed by atoms with Crippen LogP contribution in [0, 0.1) is 0 Å². The number of aromatic amines is 1. The van der Waals surface area contributed by atoms with E-state index in [4.69, 9.17) is 9.47 Å². The summed E-state index contributed by atoms with van der Waals surface area (Å²) >= 11 is 0. The third-order valence-electron chi connectivity index (χ3n) is 3.77. The van der Waals surface area contributed by atoms with Crippen LogP contribution in [0.25, 0.3) is 11.4 Å². The fourth-order valence-electron chi connectivity index (χ4n) is 2.53. The first-order chi connectivity index (χ1) is 13.4. The lowest BCUT2D eigenvalue weighted by molar-refractivity contribution is -0.768. The Bertz CT molecular complexity index is 973. The van der Waals surface area contributed by atoms with Crippen molar-refractivity contribution in [2.75, 3.05) is 7.11 Å². The number of aromatic nitrogens is 4. The lowest BCUT2D eigenvalue weighted by Crippen LogP contribution is -2.42. The molecule has 7 nitrogen and oxygen atoms in total. The molecule has 0 aliphatic heterocycles. The molecule has 28 heavy (non-hydrogen) atoms. The van der Waals surface area contributed by atoms with Gasteiger partial charge in [-0.05, 0) is 6.07 Å². The zero-order valence-corrected chi connectivity index (χ0v) is 14.7. The summed E-state index contributed by atoms with van der Waals surface area (Å²) in [5, 5.41) is 2.66. The molecule has 10 heteroatoms. The Morgan fingerprint density at radius 1 is 1.29 bits per heavy atom. The van der Waals surface area contributed by atoms with Gasteiger partial charge in [-0.15, -0.1) is 4.68 Å². The highest BCUT2D eigenvalue weighted by molar-refractivity contribution is 5.79. The number of hydrogen-bond donors (Lipinski definition) is 1. The van der Waals surface area contributed by atoms with Crippen LogP contribution in [0.15, 0.2) is 42.9 Å². The second-order valence-corrected chi connectivity index (χ2v) is 5.77. The van der Waals surface area contributed by atoms with Crippen molar-refractivity contribution >= 4 is 6.29 Å². The summed E-state index contributed by atoms with van der Waals surface area (Å²) in [6.07, 6.45) is 0.467. The minimum absolute atomic E-state index is 0.0380. The SMILES string of the molecule is COc1cc(C=O)c(OCc2cccnc2-c2cc[n+](CC(F)(F)F)[nH]2)cn1. The highest BCUT2D eigenvalue weighted by Gasteiger charge is 2.34. The van der Waals surface area contributed by atoms with Gasteiger partial charge in [0.05, 0.1) is 24.6 Å². The summed E-state index contributed by atoms with van der Waals surface area (Å²) in [4.78, 5) is 19.5. The molecule has 0 amide bonds. The average molecular weight is 393 g/mol. The summed E-state index contributed by atoms with van der Waals surface area (Å²) < 4.78 is 49.2. The normalized spacial score (nSPS) is 11.3. The van der Waals surface area contributed by atoms with Gasteiger partial charge in [-0.2, -0.15) is 18.3 Å². The molecule has 3 aromatic heterocycles. The summed E-state index contributed by atoms with van der Waals surface area (Å²) in [7, 11) is 1.43. The molecular formula is C18H16F3N4O3+. The van der Waals surface area contributed by atoms with E-state index in [1.807, 2.05) is 0 Å². The van der Waals surface area contributed by atoms with Crippen LogP contribution in [0.3, 0.4) is 0 Å². The van der Waals surface area contributed by atoms with E-state index < -0.39 is 12.7 Å². The molecule has 0 fully saturated rings. The first kappa shape index (κ1) is 19.3. The Morgan fingerprint density at radius 2 is 2.11 bits per heavy atom. The summed E-state index contributed by atoms with van der Waals surface area (Å²) in [6.45, 7) is -1.10. The van der Waals surface area contributed by atoms with E-state index in [0.29, 0.717) is 23.2 Å². The lowest BCUT2D eigenvalue weighted by atomic mass is 10.1. The maximum Gasteiger partial charge on any atom is 0.451 e. The number of carbonyl (C=O) groups excluding carboxylic acids is 1. The number of rotatable bonds is 7. The maximum atomic E-state index is 12.5. The summed E-state index contributed by atoms with van der Waals surface area (Å²) in [6, 6.07) is 6.36. The van der Waals surface area contributed by atoms with Gasteiger partial charge in [0.1, 0.15) is 18.1 Å². The van der Waals surface area contributed by atoms with Gasteiger partial charge in [-0.3, -0.25) is 9.78 Å². The number of hydrogen-bond acceptors (Lipinski definition) is 5. The van der Waals surface area contributed by atoms with E-state index in [1.165, 1.54) is 37.8 Å². The molecule has 0 bridgehead atoms. The van der Waals surface area contributed by atoms with Crippen molar-refractivity contribution < 1.29 is 32.1 Å². The molecule has 3 rings (SSSR count). The fourth-order valence-corrected chi connectivity index (χ4v) is 2.53. The van der Waals surface area contributed by atoms with Crippen LogP contribution in [0.1, 0.15) is 15.9 Å². The molecule has 0 spiro atoms. The number of aldehydes is 1. The Kier molecular flexibility index (Phi) is 5.57.